The first-order chi connectivity index (χ1) is 9.59. The monoisotopic (exact) mass is 278 g/mol. The van der Waals surface area contributed by atoms with E-state index in [0.29, 0.717) is 12.1 Å². The van der Waals surface area contributed by atoms with Crippen LogP contribution >= 0.6 is 0 Å². The van der Waals surface area contributed by atoms with Gasteiger partial charge in [-0.2, -0.15) is 0 Å². The summed E-state index contributed by atoms with van der Waals surface area (Å²) >= 11 is 0. The lowest BCUT2D eigenvalue weighted by molar-refractivity contribution is 0.186. The molecule has 1 fully saturated rings. The van der Waals surface area contributed by atoms with Gasteiger partial charge in [-0.1, -0.05) is 31.0 Å². The second kappa shape index (κ2) is 7.19. The van der Waals surface area contributed by atoms with Gasteiger partial charge in [-0.05, 0) is 39.8 Å². The Hall–Kier alpha value is -0.930. The Balaban J connectivity index is 1.88. The average Bonchev–Trinajstić information content (AvgIpc) is 2.97. The van der Waals surface area contributed by atoms with E-state index in [2.05, 4.69) is 31.1 Å². The molecule has 0 radical (unpaired) electrons. The van der Waals surface area contributed by atoms with E-state index in [9.17, 15) is 4.39 Å². The van der Waals surface area contributed by atoms with Gasteiger partial charge in [0.1, 0.15) is 5.82 Å². The number of halogens is 1. The molecule has 0 spiro atoms. The zero-order valence-corrected chi connectivity index (χ0v) is 12.9. The van der Waals surface area contributed by atoms with Gasteiger partial charge in [0.05, 0.1) is 0 Å². The fourth-order valence-electron chi connectivity index (χ4n) is 3.03. The molecule has 0 aromatic heterocycles. The first-order valence-electron chi connectivity index (χ1n) is 7.79. The van der Waals surface area contributed by atoms with E-state index in [0.717, 1.165) is 12.1 Å². The first kappa shape index (κ1) is 15.5. The highest BCUT2D eigenvalue weighted by atomic mass is 19.1. The number of nitrogens with one attached hydrogen (secondary N) is 1. The second-order valence-electron chi connectivity index (χ2n) is 6.10. The van der Waals surface area contributed by atoms with Crippen LogP contribution in [0, 0.1) is 5.82 Å². The number of hydrogen-bond acceptors (Lipinski definition) is 2. The van der Waals surface area contributed by atoms with Gasteiger partial charge in [-0.3, -0.25) is 4.90 Å². The molecule has 0 aliphatic heterocycles. The van der Waals surface area contributed by atoms with Crippen LogP contribution in [0.25, 0.3) is 0 Å². The van der Waals surface area contributed by atoms with Crippen LogP contribution in [0.5, 0.6) is 0 Å². The quantitative estimate of drug-likeness (QED) is 0.853. The van der Waals surface area contributed by atoms with E-state index < -0.39 is 0 Å². The SMILES string of the molecule is CC(CNC1CCCC1)N(C)C(C)c1ccccc1F. The highest BCUT2D eigenvalue weighted by Crippen LogP contribution is 2.23. The van der Waals surface area contributed by atoms with Crippen LogP contribution in [0.3, 0.4) is 0 Å². The van der Waals surface area contributed by atoms with Crippen LogP contribution in [-0.4, -0.2) is 30.6 Å². The normalized spacial score (nSPS) is 19.4. The summed E-state index contributed by atoms with van der Waals surface area (Å²) in [4.78, 5) is 2.25. The molecular formula is C17H27FN2. The maximum atomic E-state index is 13.9. The zero-order valence-electron chi connectivity index (χ0n) is 12.9. The van der Waals surface area contributed by atoms with Crippen molar-refractivity contribution in [2.45, 2.75) is 57.7 Å². The van der Waals surface area contributed by atoms with Crippen LogP contribution in [0.1, 0.15) is 51.1 Å². The Labute approximate surface area is 122 Å². The topological polar surface area (TPSA) is 15.3 Å². The van der Waals surface area contributed by atoms with Gasteiger partial charge < -0.3 is 5.32 Å². The molecule has 20 heavy (non-hydrogen) atoms. The summed E-state index contributed by atoms with van der Waals surface area (Å²) in [5, 5.41) is 3.65. The summed E-state index contributed by atoms with van der Waals surface area (Å²) in [6, 6.07) is 8.26. The van der Waals surface area contributed by atoms with Gasteiger partial charge in [0.25, 0.3) is 0 Å². The fourth-order valence-corrected chi connectivity index (χ4v) is 3.03. The third-order valence-corrected chi connectivity index (χ3v) is 4.72. The summed E-state index contributed by atoms with van der Waals surface area (Å²) in [7, 11) is 2.08. The molecule has 1 aromatic rings. The lowest BCUT2D eigenvalue weighted by Gasteiger charge is -2.32. The van der Waals surface area contributed by atoms with Crippen LogP contribution < -0.4 is 5.32 Å². The summed E-state index contributed by atoms with van der Waals surface area (Å²) < 4.78 is 13.9. The van der Waals surface area contributed by atoms with Crippen LogP contribution in [0.2, 0.25) is 0 Å². The van der Waals surface area contributed by atoms with Gasteiger partial charge in [0.2, 0.25) is 0 Å². The molecule has 2 nitrogen and oxygen atoms in total. The highest BCUT2D eigenvalue weighted by molar-refractivity contribution is 5.20. The molecule has 2 atom stereocenters. The largest absolute Gasteiger partial charge is 0.312 e. The first-order valence-corrected chi connectivity index (χ1v) is 7.79. The van der Waals surface area contributed by atoms with E-state index in [-0.39, 0.29) is 11.9 Å². The molecule has 0 heterocycles. The second-order valence-corrected chi connectivity index (χ2v) is 6.10. The lowest BCUT2D eigenvalue weighted by Crippen LogP contribution is -2.42. The smallest absolute Gasteiger partial charge is 0.127 e. The molecule has 1 N–H and O–H groups in total. The molecule has 1 aliphatic carbocycles. The Bertz CT molecular complexity index is 415. The van der Waals surface area contributed by atoms with Crippen molar-refractivity contribution in [3.8, 4) is 0 Å². The molecule has 0 amide bonds. The van der Waals surface area contributed by atoms with Crippen molar-refractivity contribution in [1.29, 1.82) is 0 Å². The molecular weight excluding hydrogens is 251 g/mol. The van der Waals surface area contributed by atoms with Crippen molar-refractivity contribution < 1.29 is 4.39 Å². The number of rotatable bonds is 6. The number of benzene rings is 1. The molecule has 0 bridgehead atoms. The van der Waals surface area contributed by atoms with E-state index in [4.69, 9.17) is 0 Å². The summed E-state index contributed by atoms with van der Waals surface area (Å²) in [6.07, 6.45) is 5.32. The minimum atomic E-state index is -0.109. The number of hydrogen-bond donors (Lipinski definition) is 1. The van der Waals surface area contributed by atoms with E-state index in [1.165, 1.54) is 25.7 Å². The van der Waals surface area contributed by atoms with Gasteiger partial charge in [0.15, 0.2) is 0 Å². The van der Waals surface area contributed by atoms with Gasteiger partial charge in [-0.15, -0.1) is 0 Å². The minimum absolute atomic E-state index is 0.0941. The molecule has 1 aliphatic rings. The third kappa shape index (κ3) is 3.80. The van der Waals surface area contributed by atoms with Gasteiger partial charge >= 0.3 is 0 Å². The van der Waals surface area contributed by atoms with Crippen LogP contribution in [0.4, 0.5) is 4.39 Å². The summed E-state index contributed by atoms with van der Waals surface area (Å²) in [5.74, 6) is -0.109. The Kier molecular flexibility index (Phi) is 5.55. The maximum Gasteiger partial charge on any atom is 0.127 e. The zero-order chi connectivity index (χ0) is 14.5. The van der Waals surface area contributed by atoms with Gasteiger partial charge in [0, 0.05) is 30.2 Å². The van der Waals surface area contributed by atoms with E-state index >= 15 is 0 Å². The lowest BCUT2D eigenvalue weighted by atomic mass is 10.1. The molecule has 2 rings (SSSR count). The van der Waals surface area contributed by atoms with Gasteiger partial charge in [-0.25, -0.2) is 4.39 Å². The fraction of sp³-hybridized carbons (Fsp3) is 0.647. The van der Waals surface area contributed by atoms with Crippen LogP contribution in [-0.2, 0) is 0 Å². The summed E-state index contributed by atoms with van der Waals surface area (Å²) in [5.41, 5.74) is 0.780. The standard InChI is InChI=1S/C17H27FN2/c1-13(12-19-15-8-4-5-9-15)20(3)14(2)16-10-6-7-11-17(16)18/h6-7,10-11,13-15,19H,4-5,8-9,12H2,1-3H3. The summed E-state index contributed by atoms with van der Waals surface area (Å²) in [6.45, 7) is 5.25. The Morgan fingerprint density at radius 3 is 2.55 bits per heavy atom. The Morgan fingerprint density at radius 2 is 1.90 bits per heavy atom. The van der Waals surface area contributed by atoms with E-state index in [1.54, 1.807) is 12.1 Å². The maximum absolute atomic E-state index is 13.9. The molecule has 3 heteroatoms. The van der Waals surface area contributed by atoms with Crippen LogP contribution in [0.15, 0.2) is 24.3 Å². The predicted octanol–water partition coefficient (Wildman–Crippen LogP) is 3.74. The van der Waals surface area contributed by atoms with Crippen molar-refractivity contribution in [3.05, 3.63) is 35.6 Å². The third-order valence-electron chi connectivity index (χ3n) is 4.72. The Morgan fingerprint density at radius 1 is 1.25 bits per heavy atom. The minimum Gasteiger partial charge on any atom is -0.312 e. The molecule has 2 unspecified atom stereocenters. The predicted molar refractivity (Wildman–Crippen MR) is 82.3 cm³/mol. The van der Waals surface area contributed by atoms with Crippen molar-refractivity contribution in [2.75, 3.05) is 13.6 Å². The number of nitrogens with zero attached hydrogens (tertiary/aromatic N) is 1. The van der Waals surface area contributed by atoms with Crippen molar-refractivity contribution in [1.82, 2.24) is 10.2 Å². The number of likely N-dealkylation sites (N-methyl/N-ethyl adjacent to an activating group) is 1. The molecule has 0 saturated heterocycles. The van der Waals surface area contributed by atoms with Crippen molar-refractivity contribution in [3.63, 3.8) is 0 Å². The average molecular weight is 278 g/mol. The molecule has 112 valence electrons. The van der Waals surface area contributed by atoms with Crippen molar-refractivity contribution in [2.24, 2.45) is 0 Å². The van der Waals surface area contributed by atoms with E-state index in [1.807, 2.05) is 12.1 Å². The molecule has 1 saturated carbocycles. The van der Waals surface area contributed by atoms with Crippen molar-refractivity contribution >= 4 is 0 Å². The molecule has 1 aromatic carbocycles. The highest BCUT2D eigenvalue weighted by Gasteiger charge is 2.21.